The highest BCUT2D eigenvalue weighted by Crippen LogP contribution is 2.23. The van der Waals surface area contributed by atoms with Gasteiger partial charge in [-0.25, -0.2) is 0 Å². The van der Waals surface area contributed by atoms with Gasteiger partial charge in [-0.15, -0.1) is 0 Å². The van der Waals surface area contributed by atoms with Crippen LogP contribution in [0.5, 0.6) is 0 Å². The van der Waals surface area contributed by atoms with Gasteiger partial charge in [0.25, 0.3) is 0 Å². The summed E-state index contributed by atoms with van der Waals surface area (Å²) in [5.74, 6) is -0.0102. The van der Waals surface area contributed by atoms with E-state index in [0.717, 1.165) is 30.6 Å². The van der Waals surface area contributed by atoms with Crippen LogP contribution in [0.1, 0.15) is 28.0 Å². The van der Waals surface area contributed by atoms with Gasteiger partial charge in [-0.3, -0.25) is 9.48 Å². The number of nitrogens with one attached hydrogen (secondary N) is 1. The molecule has 3 rings (SSSR count). The van der Waals surface area contributed by atoms with Gasteiger partial charge < -0.3 is 5.32 Å². The maximum atomic E-state index is 12.2. The van der Waals surface area contributed by atoms with Crippen LogP contribution in [0.4, 0.5) is 5.69 Å². The molecule has 0 saturated heterocycles. The van der Waals surface area contributed by atoms with E-state index in [4.69, 9.17) is 0 Å². The zero-order chi connectivity index (χ0) is 12.5. The van der Waals surface area contributed by atoms with Crippen LogP contribution in [0.25, 0.3) is 0 Å². The summed E-state index contributed by atoms with van der Waals surface area (Å²) in [6.45, 7) is 1.01. The molecule has 2 heterocycles. The normalized spacial score (nSPS) is 13.8. The highest BCUT2D eigenvalue weighted by atomic mass is 16.1. The SMILES string of the molecule is Cn1ccc(C(=O)c2ccc3c(c2)CCCN3)n1. The van der Waals surface area contributed by atoms with Gasteiger partial charge in [-0.2, -0.15) is 5.10 Å². The number of rotatable bonds is 2. The largest absolute Gasteiger partial charge is 0.385 e. The molecule has 0 unspecified atom stereocenters. The molecule has 1 aliphatic heterocycles. The van der Waals surface area contributed by atoms with Crippen LogP contribution in [0.3, 0.4) is 0 Å². The summed E-state index contributed by atoms with van der Waals surface area (Å²) >= 11 is 0. The lowest BCUT2D eigenvalue weighted by Crippen LogP contribution is -2.13. The van der Waals surface area contributed by atoms with Crippen LogP contribution in [-0.4, -0.2) is 22.1 Å². The Hall–Kier alpha value is -2.10. The third-order valence-corrected chi connectivity index (χ3v) is 3.25. The average Bonchev–Trinajstić information content (AvgIpc) is 2.84. The number of nitrogens with zero attached hydrogens (tertiary/aromatic N) is 2. The van der Waals surface area contributed by atoms with Crippen LogP contribution in [0.2, 0.25) is 0 Å². The van der Waals surface area contributed by atoms with E-state index in [-0.39, 0.29) is 5.78 Å². The van der Waals surface area contributed by atoms with Gasteiger partial charge in [0.05, 0.1) is 0 Å². The van der Waals surface area contributed by atoms with Crippen molar-refractivity contribution >= 4 is 11.5 Å². The van der Waals surface area contributed by atoms with E-state index in [1.165, 1.54) is 5.56 Å². The fraction of sp³-hybridized carbons (Fsp3) is 0.286. The number of hydrogen-bond acceptors (Lipinski definition) is 3. The Bertz CT molecular complexity index is 601. The quantitative estimate of drug-likeness (QED) is 0.818. The first-order chi connectivity index (χ1) is 8.74. The molecule has 0 radical (unpaired) electrons. The number of carbonyl (C=O) groups excluding carboxylic acids is 1. The summed E-state index contributed by atoms with van der Waals surface area (Å²) in [5.41, 5.74) is 3.60. The monoisotopic (exact) mass is 241 g/mol. The van der Waals surface area contributed by atoms with Crippen molar-refractivity contribution < 1.29 is 4.79 Å². The summed E-state index contributed by atoms with van der Waals surface area (Å²) in [6.07, 6.45) is 3.94. The van der Waals surface area contributed by atoms with Gasteiger partial charge >= 0.3 is 0 Å². The van der Waals surface area contributed by atoms with Crippen molar-refractivity contribution in [1.29, 1.82) is 0 Å². The number of fused-ring (bicyclic) bond motifs is 1. The van der Waals surface area contributed by atoms with Gasteiger partial charge in [0.2, 0.25) is 5.78 Å². The molecule has 2 aromatic rings. The van der Waals surface area contributed by atoms with Gasteiger partial charge in [-0.05, 0) is 42.7 Å². The maximum absolute atomic E-state index is 12.2. The lowest BCUT2D eigenvalue weighted by Gasteiger charge is -2.18. The van der Waals surface area contributed by atoms with E-state index in [2.05, 4.69) is 10.4 Å². The van der Waals surface area contributed by atoms with E-state index in [0.29, 0.717) is 5.69 Å². The van der Waals surface area contributed by atoms with Gasteiger partial charge in [0.1, 0.15) is 5.69 Å². The van der Waals surface area contributed by atoms with Crippen LogP contribution in [0, 0.1) is 0 Å². The molecule has 0 spiro atoms. The second-order valence-electron chi connectivity index (χ2n) is 4.61. The van der Waals surface area contributed by atoms with E-state index >= 15 is 0 Å². The standard InChI is InChI=1S/C14H15N3O/c1-17-8-6-13(16-17)14(18)11-4-5-12-10(9-11)3-2-7-15-12/h4-6,8-9,15H,2-3,7H2,1H3. The van der Waals surface area contributed by atoms with E-state index < -0.39 is 0 Å². The molecular formula is C14H15N3O. The minimum atomic E-state index is -0.0102. The zero-order valence-electron chi connectivity index (χ0n) is 10.3. The highest BCUT2D eigenvalue weighted by Gasteiger charge is 2.15. The average molecular weight is 241 g/mol. The van der Waals surface area contributed by atoms with Crippen molar-refractivity contribution in [3.8, 4) is 0 Å². The molecule has 0 atom stereocenters. The first kappa shape index (κ1) is 11.0. The molecule has 0 aliphatic carbocycles. The number of anilines is 1. The third kappa shape index (κ3) is 1.90. The summed E-state index contributed by atoms with van der Waals surface area (Å²) in [4.78, 5) is 12.2. The second kappa shape index (κ2) is 4.29. The number of ketones is 1. The first-order valence-electron chi connectivity index (χ1n) is 6.15. The van der Waals surface area contributed by atoms with Gasteiger partial charge in [0.15, 0.2) is 0 Å². The van der Waals surface area contributed by atoms with E-state index in [1.54, 1.807) is 16.9 Å². The van der Waals surface area contributed by atoms with Crippen LogP contribution >= 0.6 is 0 Å². The molecule has 4 nitrogen and oxygen atoms in total. The first-order valence-corrected chi connectivity index (χ1v) is 6.15. The fourth-order valence-electron chi connectivity index (χ4n) is 2.30. The summed E-state index contributed by atoms with van der Waals surface area (Å²) in [5, 5.41) is 7.49. The molecule has 1 aliphatic rings. The number of carbonyl (C=O) groups is 1. The predicted octanol–water partition coefficient (Wildman–Crippen LogP) is 2.01. The Balaban J connectivity index is 1.95. The highest BCUT2D eigenvalue weighted by molar-refractivity contribution is 6.08. The molecule has 4 heteroatoms. The van der Waals surface area contributed by atoms with Crippen molar-refractivity contribution in [2.45, 2.75) is 12.8 Å². The van der Waals surface area contributed by atoms with Crippen molar-refractivity contribution in [3.63, 3.8) is 0 Å². The lowest BCUT2D eigenvalue weighted by molar-refractivity contribution is 0.103. The molecule has 92 valence electrons. The maximum Gasteiger partial charge on any atom is 0.213 e. The number of aryl methyl sites for hydroxylation is 2. The molecule has 0 saturated carbocycles. The zero-order valence-corrected chi connectivity index (χ0v) is 10.3. The molecular weight excluding hydrogens is 226 g/mol. The van der Waals surface area contributed by atoms with Crippen LogP contribution in [-0.2, 0) is 13.5 Å². The van der Waals surface area contributed by atoms with E-state index in [1.807, 2.05) is 25.2 Å². The van der Waals surface area contributed by atoms with Gasteiger partial charge in [-0.1, -0.05) is 0 Å². The Labute approximate surface area is 106 Å². The van der Waals surface area contributed by atoms with Crippen molar-refractivity contribution in [2.24, 2.45) is 7.05 Å². The minimum Gasteiger partial charge on any atom is -0.385 e. The molecule has 0 fully saturated rings. The Morgan fingerprint density at radius 2 is 2.28 bits per heavy atom. The minimum absolute atomic E-state index is 0.0102. The molecule has 18 heavy (non-hydrogen) atoms. The Morgan fingerprint density at radius 1 is 1.39 bits per heavy atom. The Kier molecular flexibility index (Phi) is 2.63. The predicted molar refractivity (Wildman–Crippen MR) is 69.9 cm³/mol. The van der Waals surface area contributed by atoms with Gasteiger partial charge in [0, 0.05) is 31.0 Å². The smallest absolute Gasteiger partial charge is 0.213 e. The van der Waals surface area contributed by atoms with Crippen molar-refractivity contribution in [1.82, 2.24) is 9.78 Å². The molecule has 1 aromatic carbocycles. The summed E-state index contributed by atoms with van der Waals surface area (Å²) in [6, 6.07) is 7.59. The fourth-order valence-corrected chi connectivity index (χ4v) is 2.30. The van der Waals surface area contributed by atoms with Crippen molar-refractivity contribution in [3.05, 3.63) is 47.3 Å². The van der Waals surface area contributed by atoms with Crippen LogP contribution < -0.4 is 5.32 Å². The molecule has 1 aromatic heterocycles. The van der Waals surface area contributed by atoms with E-state index in [9.17, 15) is 4.79 Å². The second-order valence-corrected chi connectivity index (χ2v) is 4.61. The summed E-state index contributed by atoms with van der Waals surface area (Å²) in [7, 11) is 1.81. The molecule has 0 amide bonds. The molecule has 0 bridgehead atoms. The Morgan fingerprint density at radius 3 is 3.06 bits per heavy atom. The third-order valence-electron chi connectivity index (χ3n) is 3.25. The number of hydrogen-bond donors (Lipinski definition) is 1. The number of aromatic nitrogens is 2. The summed E-state index contributed by atoms with van der Waals surface area (Å²) < 4.78 is 1.65. The number of benzene rings is 1. The lowest BCUT2D eigenvalue weighted by atomic mass is 9.98. The molecule has 1 N–H and O–H groups in total. The topological polar surface area (TPSA) is 46.9 Å². The van der Waals surface area contributed by atoms with Crippen LogP contribution in [0.15, 0.2) is 30.5 Å². The van der Waals surface area contributed by atoms with Crippen molar-refractivity contribution in [2.75, 3.05) is 11.9 Å².